The number of halogens is 4. The molecule has 1 amide bonds. The van der Waals surface area contributed by atoms with Crippen LogP contribution >= 0.6 is 22.9 Å². The normalized spacial score (nSPS) is 11.4. The van der Waals surface area contributed by atoms with Gasteiger partial charge in [-0.2, -0.15) is 13.2 Å². The van der Waals surface area contributed by atoms with Crippen LogP contribution in [0.25, 0.3) is 0 Å². The van der Waals surface area contributed by atoms with Gasteiger partial charge >= 0.3 is 6.18 Å². The molecule has 0 radical (unpaired) electrons. The second-order valence-corrected chi connectivity index (χ2v) is 4.61. The van der Waals surface area contributed by atoms with Crippen LogP contribution in [0.2, 0.25) is 5.02 Å². The number of carbonyl (C=O) groups excluding carboxylic acids is 1. The zero-order chi connectivity index (χ0) is 14.0. The van der Waals surface area contributed by atoms with Gasteiger partial charge in [-0.15, -0.1) is 11.3 Å². The molecular formula is C11H6ClF3N2OS. The first kappa shape index (κ1) is 13.8. The molecule has 0 aliphatic heterocycles. The third-order valence-electron chi connectivity index (χ3n) is 2.22. The number of carbonyl (C=O) groups is 1. The molecule has 1 aromatic heterocycles. The number of anilines is 1. The number of thiazole rings is 1. The Labute approximate surface area is 115 Å². The number of hydrogen-bond donors (Lipinski definition) is 1. The van der Waals surface area contributed by atoms with Crippen molar-refractivity contribution in [2.24, 2.45) is 0 Å². The summed E-state index contributed by atoms with van der Waals surface area (Å²) < 4.78 is 38.4. The number of nitrogens with one attached hydrogen (secondary N) is 1. The monoisotopic (exact) mass is 306 g/mol. The highest BCUT2D eigenvalue weighted by atomic mass is 35.5. The van der Waals surface area contributed by atoms with E-state index in [0.29, 0.717) is 0 Å². The van der Waals surface area contributed by atoms with Crippen LogP contribution < -0.4 is 5.32 Å². The maximum absolute atomic E-state index is 12.8. The summed E-state index contributed by atoms with van der Waals surface area (Å²) in [7, 11) is 0. The smallest absolute Gasteiger partial charge is 0.319 e. The van der Waals surface area contributed by atoms with Crippen LogP contribution in [0.4, 0.5) is 18.9 Å². The number of alkyl halides is 3. The van der Waals surface area contributed by atoms with Gasteiger partial charge in [-0.3, -0.25) is 4.79 Å². The molecule has 0 bridgehead atoms. The van der Waals surface area contributed by atoms with Crippen molar-refractivity contribution in [1.82, 2.24) is 4.98 Å². The van der Waals surface area contributed by atoms with Crippen LogP contribution in [0.3, 0.4) is 0 Å². The Morgan fingerprint density at radius 1 is 1.37 bits per heavy atom. The standard InChI is InChI=1S/C11H6ClF3N2OS/c12-7-3-1-2-6(11(13,14)15)9(7)17-10(18)8-4-19-5-16-8/h1-5H,(H,17,18). The summed E-state index contributed by atoms with van der Waals surface area (Å²) in [6, 6.07) is 3.29. The minimum atomic E-state index is -4.60. The Bertz CT molecular complexity index is 598. The highest BCUT2D eigenvalue weighted by molar-refractivity contribution is 7.07. The van der Waals surface area contributed by atoms with Crippen LogP contribution in [0.15, 0.2) is 29.1 Å². The van der Waals surface area contributed by atoms with Crippen LogP contribution in [-0.2, 0) is 6.18 Å². The van der Waals surface area contributed by atoms with Gasteiger partial charge in [-0.25, -0.2) is 4.98 Å². The number of benzene rings is 1. The zero-order valence-corrected chi connectivity index (χ0v) is 10.7. The summed E-state index contributed by atoms with van der Waals surface area (Å²) in [4.78, 5) is 15.4. The summed E-state index contributed by atoms with van der Waals surface area (Å²) in [5, 5.41) is 3.39. The molecule has 2 rings (SSSR count). The second kappa shape index (κ2) is 5.18. The predicted molar refractivity (Wildman–Crippen MR) is 66.5 cm³/mol. The average molecular weight is 307 g/mol. The van der Waals surface area contributed by atoms with Gasteiger partial charge in [0.1, 0.15) is 5.69 Å². The third kappa shape index (κ3) is 3.05. The lowest BCUT2D eigenvalue weighted by Crippen LogP contribution is -2.17. The first-order valence-electron chi connectivity index (χ1n) is 4.95. The van der Waals surface area contributed by atoms with E-state index < -0.39 is 23.3 Å². The molecule has 0 saturated heterocycles. The minimum absolute atomic E-state index is 0.0399. The van der Waals surface area contributed by atoms with E-state index in [1.54, 1.807) is 0 Å². The Hall–Kier alpha value is -1.60. The average Bonchev–Trinajstić information content (AvgIpc) is 2.83. The van der Waals surface area contributed by atoms with E-state index in [1.807, 2.05) is 0 Å². The van der Waals surface area contributed by atoms with E-state index in [1.165, 1.54) is 34.4 Å². The fourth-order valence-corrected chi connectivity index (χ4v) is 2.14. The van der Waals surface area contributed by atoms with Gasteiger partial charge in [-0.1, -0.05) is 17.7 Å². The van der Waals surface area contributed by atoms with E-state index in [-0.39, 0.29) is 10.7 Å². The first-order chi connectivity index (χ1) is 8.89. The number of amides is 1. The van der Waals surface area contributed by atoms with Gasteiger partial charge in [0.2, 0.25) is 0 Å². The van der Waals surface area contributed by atoms with E-state index in [9.17, 15) is 18.0 Å². The van der Waals surface area contributed by atoms with Crippen LogP contribution in [-0.4, -0.2) is 10.9 Å². The zero-order valence-electron chi connectivity index (χ0n) is 9.16. The molecule has 2 aromatic rings. The van der Waals surface area contributed by atoms with E-state index in [4.69, 9.17) is 11.6 Å². The molecule has 1 N–H and O–H groups in total. The molecule has 0 saturated carbocycles. The lowest BCUT2D eigenvalue weighted by molar-refractivity contribution is -0.136. The molecule has 0 aliphatic rings. The number of aromatic nitrogens is 1. The second-order valence-electron chi connectivity index (χ2n) is 3.49. The molecule has 0 aliphatic carbocycles. The van der Waals surface area contributed by atoms with E-state index in [2.05, 4.69) is 10.3 Å². The topological polar surface area (TPSA) is 42.0 Å². The summed E-state index contributed by atoms with van der Waals surface area (Å²) in [5.74, 6) is -0.736. The Kier molecular flexibility index (Phi) is 3.77. The van der Waals surface area contributed by atoms with Crippen molar-refractivity contribution in [3.8, 4) is 0 Å². The Morgan fingerprint density at radius 3 is 2.68 bits per heavy atom. The van der Waals surface area contributed by atoms with Gasteiger partial charge in [0, 0.05) is 5.38 Å². The van der Waals surface area contributed by atoms with Gasteiger partial charge in [0.15, 0.2) is 0 Å². The van der Waals surface area contributed by atoms with Crippen molar-refractivity contribution in [2.45, 2.75) is 6.18 Å². The molecule has 0 unspecified atom stereocenters. The summed E-state index contributed by atoms with van der Waals surface area (Å²) in [5.41, 5.74) is -0.0112. The molecule has 100 valence electrons. The fraction of sp³-hybridized carbons (Fsp3) is 0.0909. The summed E-state index contributed by atoms with van der Waals surface area (Å²) in [6.45, 7) is 0. The highest BCUT2D eigenvalue weighted by Gasteiger charge is 2.34. The van der Waals surface area contributed by atoms with Gasteiger partial charge < -0.3 is 5.32 Å². The first-order valence-corrected chi connectivity index (χ1v) is 6.27. The van der Waals surface area contributed by atoms with Crippen molar-refractivity contribution < 1.29 is 18.0 Å². The number of hydrogen-bond acceptors (Lipinski definition) is 3. The highest BCUT2D eigenvalue weighted by Crippen LogP contribution is 2.38. The Balaban J connectivity index is 2.37. The quantitative estimate of drug-likeness (QED) is 0.909. The molecule has 0 spiro atoms. The van der Waals surface area contributed by atoms with Crippen molar-refractivity contribution in [1.29, 1.82) is 0 Å². The van der Waals surface area contributed by atoms with Crippen molar-refractivity contribution in [3.05, 3.63) is 45.4 Å². The van der Waals surface area contributed by atoms with Gasteiger partial charge in [-0.05, 0) is 12.1 Å². The lowest BCUT2D eigenvalue weighted by atomic mass is 10.1. The predicted octanol–water partition coefficient (Wildman–Crippen LogP) is 4.07. The molecule has 1 heterocycles. The molecule has 0 atom stereocenters. The number of rotatable bonds is 2. The van der Waals surface area contributed by atoms with Crippen LogP contribution in [0, 0.1) is 0 Å². The molecule has 8 heteroatoms. The molecular weight excluding hydrogens is 301 g/mol. The third-order valence-corrected chi connectivity index (χ3v) is 3.12. The van der Waals surface area contributed by atoms with Gasteiger partial charge in [0.05, 0.1) is 21.8 Å². The lowest BCUT2D eigenvalue weighted by Gasteiger charge is -2.14. The molecule has 1 aromatic carbocycles. The molecule has 0 fully saturated rings. The van der Waals surface area contributed by atoms with E-state index in [0.717, 1.165) is 6.07 Å². The van der Waals surface area contributed by atoms with Crippen molar-refractivity contribution in [2.75, 3.05) is 5.32 Å². The number of nitrogens with zero attached hydrogens (tertiary/aromatic N) is 1. The van der Waals surface area contributed by atoms with Crippen molar-refractivity contribution >= 4 is 34.5 Å². The van der Waals surface area contributed by atoms with Crippen LogP contribution in [0.1, 0.15) is 16.1 Å². The maximum atomic E-state index is 12.8. The Morgan fingerprint density at radius 2 is 2.11 bits per heavy atom. The maximum Gasteiger partial charge on any atom is 0.418 e. The van der Waals surface area contributed by atoms with Gasteiger partial charge in [0.25, 0.3) is 5.91 Å². The molecule has 3 nitrogen and oxygen atoms in total. The minimum Gasteiger partial charge on any atom is -0.319 e. The van der Waals surface area contributed by atoms with E-state index >= 15 is 0 Å². The van der Waals surface area contributed by atoms with Crippen LogP contribution in [0.5, 0.6) is 0 Å². The molecule has 19 heavy (non-hydrogen) atoms. The largest absolute Gasteiger partial charge is 0.418 e. The summed E-state index contributed by atoms with van der Waals surface area (Å²) in [6.07, 6.45) is -4.60. The van der Waals surface area contributed by atoms with Crippen molar-refractivity contribution in [3.63, 3.8) is 0 Å². The number of para-hydroxylation sites is 1. The SMILES string of the molecule is O=C(Nc1c(Cl)cccc1C(F)(F)F)c1cscn1. The summed E-state index contributed by atoms with van der Waals surface area (Å²) >= 11 is 6.87. The fourth-order valence-electron chi connectivity index (χ4n) is 1.39.